The van der Waals surface area contributed by atoms with Gasteiger partial charge >= 0.3 is 5.97 Å². The third-order valence-electron chi connectivity index (χ3n) is 7.80. The standard InChI is InChI=1S/C36H35N2O5PS/c1-35(2,3)43-34(40)33(37-32(39)25-36(37,4)24-31(45)26-20-22-27(23-21-26)38(41)42)44(28-14-8-5-9-15-28,29-16-10-6-11-17-29)30-18-12-7-13-19-30/h5-23H,24-25H2,1-4H3. The van der Waals surface area contributed by atoms with Gasteiger partial charge in [0.2, 0.25) is 5.91 Å². The summed E-state index contributed by atoms with van der Waals surface area (Å²) in [5, 5.41) is 13.9. The molecular formula is C36H35N2O5PS. The van der Waals surface area contributed by atoms with E-state index in [1.165, 1.54) is 12.1 Å². The topological polar surface area (TPSA) is 89.8 Å². The maximum atomic E-state index is 14.7. The van der Waals surface area contributed by atoms with E-state index in [-0.39, 0.29) is 24.4 Å². The minimum atomic E-state index is -3.05. The molecule has 7 nitrogen and oxygen atoms in total. The third-order valence-corrected chi connectivity index (χ3v) is 12.4. The zero-order valence-corrected chi connectivity index (χ0v) is 27.4. The van der Waals surface area contributed by atoms with Crippen LogP contribution >= 0.6 is 19.1 Å². The van der Waals surface area contributed by atoms with Crippen molar-refractivity contribution < 1.29 is 19.2 Å². The van der Waals surface area contributed by atoms with Crippen LogP contribution in [0.2, 0.25) is 0 Å². The molecule has 9 heteroatoms. The zero-order valence-electron chi connectivity index (χ0n) is 25.7. The molecule has 1 aliphatic rings. The average Bonchev–Trinajstić information content (AvgIpc) is 3.01. The Balaban J connectivity index is 1.82. The van der Waals surface area contributed by atoms with Crippen LogP contribution in [0.3, 0.4) is 0 Å². The van der Waals surface area contributed by atoms with Gasteiger partial charge in [-0.2, -0.15) is 0 Å². The van der Waals surface area contributed by atoms with Gasteiger partial charge in [0, 0.05) is 30.3 Å². The molecule has 1 aliphatic heterocycles. The van der Waals surface area contributed by atoms with Gasteiger partial charge in [-0.05, 0) is 61.3 Å². The molecule has 0 aromatic heterocycles. The van der Waals surface area contributed by atoms with Crippen molar-refractivity contribution >= 4 is 62.9 Å². The second-order valence-electron chi connectivity index (χ2n) is 12.3. The summed E-state index contributed by atoms with van der Waals surface area (Å²) in [5.74, 6) is -0.759. The lowest BCUT2D eigenvalue weighted by Crippen LogP contribution is -2.67. The summed E-state index contributed by atoms with van der Waals surface area (Å²) in [5.41, 5.74) is -0.764. The fraction of sp³-hybridized carbons (Fsp3) is 0.222. The molecule has 45 heavy (non-hydrogen) atoms. The predicted octanol–water partition coefficient (Wildman–Crippen LogP) is 6.16. The number of hydrogen-bond acceptors (Lipinski definition) is 6. The van der Waals surface area contributed by atoms with Gasteiger partial charge in [0.15, 0.2) is 0 Å². The number of thiocarbonyl (C=S) groups is 1. The Morgan fingerprint density at radius 2 is 1.31 bits per heavy atom. The minimum absolute atomic E-state index is 0.0306. The van der Waals surface area contributed by atoms with Crippen LogP contribution in [0.4, 0.5) is 5.69 Å². The van der Waals surface area contributed by atoms with Gasteiger partial charge in [0.1, 0.15) is 11.0 Å². The fourth-order valence-electron chi connectivity index (χ4n) is 5.90. The lowest BCUT2D eigenvalue weighted by Gasteiger charge is -2.52. The van der Waals surface area contributed by atoms with E-state index in [0.29, 0.717) is 15.8 Å². The number of amides is 1. The highest BCUT2D eigenvalue weighted by Gasteiger charge is 2.54. The number of hydrogen-bond donors (Lipinski definition) is 0. The van der Waals surface area contributed by atoms with Crippen molar-refractivity contribution in [2.24, 2.45) is 0 Å². The minimum Gasteiger partial charge on any atom is -0.455 e. The summed E-state index contributed by atoms with van der Waals surface area (Å²) in [6.45, 7) is 4.34. The van der Waals surface area contributed by atoms with Crippen LogP contribution in [0.25, 0.3) is 0 Å². The van der Waals surface area contributed by atoms with Crippen LogP contribution in [-0.2, 0) is 14.3 Å². The number of β-lactam (4-membered cyclic amide) rings is 1. The largest absolute Gasteiger partial charge is 0.455 e. The van der Waals surface area contributed by atoms with Crippen molar-refractivity contribution in [3.8, 4) is 0 Å². The van der Waals surface area contributed by atoms with Crippen molar-refractivity contribution in [1.82, 2.24) is 4.90 Å². The summed E-state index contributed by atoms with van der Waals surface area (Å²) < 4.78 is 6.16. The molecule has 1 saturated heterocycles. The molecule has 1 heterocycles. The highest BCUT2D eigenvalue weighted by atomic mass is 32.1. The lowest BCUT2D eigenvalue weighted by molar-refractivity contribution is -0.384. The van der Waals surface area contributed by atoms with Gasteiger partial charge in [-0.25, -0.2) is 4.79 Å². The van der Waals surface area contributed by atoms with E-state index in [0.717, 1.165) is 15.9 Å². The predicted molar refractivity (Wildman–Crippen MR) is 185 cm³/mol. The summed E-state index contributed by atoms with van der Waals surface area (Å²) >= 11 is 5.86. The van der Waals surface area contributed by atoms with Gasteiger partial charge in [0.05, 0.1) is 16.9 Å². The molecule has 1 unspecified atom stereocenters. The van der Waals surface area contributed by atoms with Gasteiger partial charge in [0.25, 0.3) is 5.69 Å². The zero-order chi connectivity index (χ0) is 32.4. The van der Waals surface area contributed by atoms with E-state index in [1.54, 1.807) is 17.0 Å². The number of nitro groups is 1. The summed E-state index contributed by atoms with van der Waals surface area (Å²) in [6.07, 6.45) is 0.446. The number of benzene rings is 4. The van der Waals surface area contributed by atoms with Crippen LogP contribution in [-0.4, -0.2) is 43.1 Å². The van der Waals surface area contributed by atoms with E-state index in [2.05, 4.69) is 0 Å². The maximum Gasteiger partial charge on any atom is 0.356 e. The third kappa shape index (κ3) is 6.26. The molecule has 1 fully saturated rings. The molecule has 0 bridgehead atoms. The summed E-state index contributed by atoms with van der Waals surface area (Å²) in [7, 11) is 0. The lowest BCUT2D eigenvalue weighted by atomic mass is 9.80. The van der Waals surface area contributed by atoms with E-state index in [9.17, 15) is 19.7 Å². The molecule has 0 radical (unpaired) electrons. The van der Waals surface area contributed by atoms with Gasteiger partial charge in [-0.1, -0.05) is 103 Å². The number of rotatable bonds is 9. The SMILES string of the molecule is CC(C)(C)OC(=O)C(N1C(=O)CC1(C)CC(=S)c1ccc([N+](=O)[O-])cc1)=P(c1ccccc1)(c1ccccc1)c1ccccc1. The van der Waals surface area contributed by atoms with Gasteiger partial charge in [-0.15, -0.1) is 0 Å². The Bertz CT molecular complexity index is 1700. The van der Waals surface area contributed by atoms with E-state index in [1.807, 2.05) is 119 Å². The molecule has 4 aromatic carbocycles. The molecular weight excluding hydrogens is 603 g/mol. The molecule has 5 rings (SSSR count). The maximum absolute atomic E-state index is 14.7. The van der Waals surface area contributed by atoms with Crippen LogP contribution < -0.4 is 15.9 Å². The van der Waals surface area contributed by atoms with E-state index < -0.39 is 28.9 Å². The van der Waals surface area contributed by atoms with Crippen molar-refractivity contribution in [3.05, 3.63) is 131 Å². The molecule has 0 aliphatic carbocycles. The van der Waals surface area contributed by atoms with E-state index >= 15 is 0 Å². The number of ether oxygens (including phenoxy) is 1. The van der Waals surface area contributed by atoms with Gasteiger partial charge < -0.3 is 4.74 Å². The molecule has 0 saturated carbocycles. The van der Waals surface area contributed by atoms with Crippen molar-refractivity contribution in [3.63, 3.8) is 0 Å². The van der Waals surface area contributed by atoms with Crippen LogP contribution in [0, 0.1) is 10.1 Å². The molecule has 230 valence electrons. The molecule has 1 amide bonds. The Morgan fingerprint density at radius 1 is 0.867 bits per heavy atom. The molecule has 0 spiro atoms. The fourth-order valence-corrected chi connectivity index (χ4v) is 10.8. The summed E-state index contributed by atoms with van der Waals surface area (Å²) in [4.78, 5) is 41.6. The number of carbonyl (C=O) groups is 2. The first-order chi connectivity index (χ1) is 21.4. The Labute approximate surface area is 269 Å². The molecule has 4 aromatic rings. The number of nitro benzene ring substituents is 1. The van der Waals surface area contributed by atoms with Crippen molar-refractivity contribution in [2.75, 3.05) is 0 Å². The first-order valence-corrected chi connectivity index (χ1v) is 16.8. The average molecular weight is 639 g/mol. The second-order valence-corrected chi connectivity index (χ2v) is 16.1. The number of esters is 1. The normalized spacial score (nSPS) is 16.4. The number of nitrogens with zero attached hydrogens (tertiary/aromatic N) is 2. The van der Waals surface area contributed by atoms with E-state index in [4.69, 9.17) is 17.0 Å². The van der Waals surface area contributed by atoms with Crippen LogP contribution in [0.5, 0.6) is 0 Å². The highest BCUT2D eigenvalue weighted by Crippen LogP contribution is 2.51. The number of non-ortho nitro benzene ring substituents is 1. The number of likely N-dealkylation sites (tertiary alicyclic amines) is 1. The molecule has 0 N–H and O–H groups in total. The first-order valence-electron chi connectivity index (χ1n) is 14.6. The quantitative estimate of drug-likeness (QED) is 0.0415. The highest BCUT2D eigenvalue weighted by molar-refractivity contribution is 7.96. The van der Waals surface area contributed by atoms with Crippen LogP contribution in [0.1, 0.15) is 46.1 Å². The van der Waals surface area contributed by atoms with Crippen molar-refractivity contribution in [1.29, 1.82) is 0 Å². The van der Waals surface area contributed by atoms with Crippen molar-refractivity contribution in [2.45, 2.75) is 51.7 Å². The monoisotopic (exact) mass is 638 g/mol. The van der Waals surface area contributed by atoms with Gasteiger partial charge in [-0.3, -0.25) is 19.8 Å². The Hall–Kier alpha value is -4.39. The Morgan fingerprint density at radius 3 is 1.69 bits per heavy atom. The number of carbonyl (C=O) groups excluding carboxylic acids is 2. The molecule has 1 atom stereocenters. The Kier molecular flexibility index (Phi) is 8.92. The first kappa shape index (κ1) is 32.0. The smallest absolute Gasteiger partial charge is 0.356 e. The summed E-state index contributed by atoms with van der Waals surface area (Å²) in [6, 6.07) is 35.7. The van der Waals surface area contributed by atoms with Crippen LogP contribution in [0.15, 0.2) is 115 Å². The second kappa shape index (κ2) is 12.5.